The second kappa shape index (κ2) is 9.34. The van der Waals surface area contributed by atoms with Crippen LogP contribution in [0.1, 0.15) is 30.9 Å². The maximum atomic E-state index is 9.85. The van der Waals surface area contributed by atoms with E-state index in [2.05, 4.69) is 6.92 Å². The second-order valence-electron chi connectivity index (χ2n) is 7.41. The zero-order valence-electron chi connectivity index (χ0n) is 18.4. The van der Waals surface area contributed by atoms with Gasteiger partial charge in [-0.25, -0.2) is 0 Å². The molecule has 0 spiro atoms. The molecule has 1 heterocycles. The Bertz CT molecular complexity index is 855. The quantitative estimate of drug-likeness (QED) is 0.663. The van der Waals surface area contributed by atoms with Crippen LogP contribution in [0, 0.1) is 11.8 Å². The number of hydrogen-bond donors (Lipinski definition) is 1. The first-order chi connectivity index (χ1) is 14.5. The first-order valence-corrected chi connectivity index (χ1v) is 9.87. The molecular formula is C23H30O7. The summed E-state index contributed by atoms with van der Waals surface area (Å²) in [7, 11) is 6.38. The van der Waals surface area contributed by atoms with Gasteiger partial charge in [-0.05, 0) is 47.2 Å². The molecule has 0 amide bonds. The van der Waals surface area contributed by atoms with Gasteiger partial charge in [-0.1, -0.05) is 13.8 Å². The molecule has 1 aliphatic heterocycles. The van der Waals surface area contributed by atoms with Crippen LogP contribution in [-0.4, -0.2) is 46.9 Å². The summed E-state index contributed by atoms with van der Waals surface area (Å²) in [5.41, 5.74) is 1.95. The molecule has 3 rings (SSSR count). The highest BCUT2D eigenvalue weighted by molar-refractivity contribution is 5.59. The standard InChI is InChI=1S/C23H30O7/c1-13(11-24)14(2)21(15-7-17(25-3)22(28-6)18(8-15)26-4)16-9-19(27-5)23-20(10-16)29-12-30-23/h7-10,13-14,21,24H,11-12H2,1-6H3. The molecule has 7 nitrogen and oxygen atoms in total. The van der Waals surface area contributed by atoms with Gasteiger partial charge in [0.2, 0.25) is 18.3 Å². The van der Waals surface area contributed by atoms with Crippen molar-refractivity contribution in [2.75, 3.05) is 41.8 Å². The molecule has 0 aliphatic carbocycles. The summed E-state index contributed by atoms with van der Waals surface area (Å²) in [4.78, 5) is 0. The molecule has 3 atom stereocenters. The van der Waals surface area contributed by atoms with Crippen molar-refractivity contribution in [3.63, 3.8) is 0 Å². The van der Waals surface area contributed by atoms with Gasteiger partial charge in [0.1, 0.15) is 0 Å². The normalized spacial score (nSPS) is 15.3. The number of methoxy groups -OCH3 is 4. The summed E-state index contributed by atoms with van der Waals surface area (Å²) < 4.78 is 33.4. The SMILES string of the molecule is COc1cc(C(c2cc(OC)c3c(c2)OCO3)C(C)C(C)CO)cc(OC)c1OC. The van der Waals surface area contributed by atoms with E-state index in [-0.39, 0.29) is 31.2 Å². The van der Waals surface area contributed by atoms with Crippen molar-refractivity contribution in [1.82, 2.24) is 0 Å². The van der Waals surface area contributed by atoms with Crippen LogP contribution in [0.4, 0.5) is 0 Å². The average molecular weight is 418 g/mol. The summed E-state index contributed by atoms with van der Waals surface area (Å²) >= 11 is 0. The number of aliphatic hydroxyl groups excluding tert-OH is 1. The number of fused-ring (bicyclic) bond motifs is 1. The lowest BCUT2D eigenvalue weighted by Gasteiger charge is -2.30. The Labute approximate surface area is 177 Å². The summed E-state index contributed by atoms with van der Waals surface area (Å²) in [6.07, 6.45) is 0. The molecule has 2 aromatic carbocycles. The summed E-state index contributed by atoms with van der Waals surface area (Å²) in [5, 5.41) is 9.85. The zero-order chi connectivity index (χ0) is 21.8. The van der Waals surface area contributed by atoms with E-state index in [4.69, 9.17) is 28.4 Å². The van der Waals surface area contributed by atoms with Crippen molar-refractivity contribution in [1.29, 1.82) is 0 Å². The van der Waals surface area contributed by atoms with E-state index in [1.54, 1.807) is 28.4 Å². The van der Waals surface area contributed by atoms with Gasteiger partial charge in [-0.3, -0.25) is 0 Å². The van der Waals surface area contributed by atoms with Crippen LogP contribution >= 0.6 is 0 Å². The third-order valence-electron chi connectivity index (χ3n) is 5.80. The molecule has 0 saturated carbocycles. The summed E-state index contributed by atoms with van der Waals surface area (Å²) in [6, 6.07) is 7.83. The van der Waals surface area contributed by atoms with Crippen LogP contribution in [0.2, 0.25) is 0 Å². The van der Waals surface area contributed by atoms with Gasteiger partial charge in [0, 0.05) is 12.5 Å². The maximum absolute atomic E-state index is 9.85. The Morgan fingerprint density at radius 3 is 1.93 bits per heavy atom. The van der Waals surface area contributed by atoms with E-state index in [1.807, 2.05) is 31.2 Å². The molecule has 7 heteroatoms. The fraction of sp³-hybridized carbons (Fsp3) is 0.478. The Morgan fingerprint density at radius 1 is 0.833 bits per heavy atom. The topological polar surface area (TPSA) is 75.6 Å². The third kappa shape index (κ3) is 3.94. The van der Waals surface area contributed by atoms with Gasteiger partial charge in [-0.2, -0.15) is 0 Å². The fourth-order valence-corrected chi connectivity index (χ4v) is 3.90. The first kappa shape index (κ1) is 21.9. The molecule has 2 aromatic rings. The van der Waals surface area contributed by atoms with E-state index in [0.717, 1.165) is 11.1 Å². The number of aliphatic hydroxyl groups is 1. The van der Waals surface area contributed by atoms with Crippen molar-refractivity contribution in [3.05, 3.63) is 35.4 Å². The Hall–Kier alpha value is -2.80. The highest BCUT2D eigenvalue weighted by Crippen LogP contribution is 2.48. The fourth-order valence-electron chi connectivity index (χ4n) is 3.90. The molecule has 0 saturated heterocycles. The zero-order valence-corrected chi connectivity index (χ0v) is 18.4. The first-order valence-electron chi connectivity index (χ1n) is 9.87. The minimum absolute atomic E-state index is 0.0468. The molecule has 30 heavy (non-hydrogen) atoms. The lowest BCUT2D eigenvalue weighted by Crippen LogP contribution is -2.21. The number of hydrogen-bond acceptors (Lipinski definition) is 7. The van der Waals surface area contributed by atoms with Gasteiger partial charge in [0.25, 0.3) is 0 Å². The molecule has 3 unspecified atom stereocenters. The van der Waals surface area contributed by atoms with Gasteiger partial charge in [0.05, 0.1) is 28.4 Å². The van der Waals surface area contributed by atoms with Gasteiger partial charge in [0.15, 0.2) is 23.0 Å². The van der Waals surface area contributed by atoms with Crippen molar-refractivity contribution in [2.45, 2.75) is 19.8 Å². The van der Waals surface area contributed by atoms with Crippen LogP contribution in [0.5, 0.6) is 34.5 Å². The minimum atomic E-state index is -0.0933. The van der Waals surface area contributed by atoms with Crippen LogP contribution in [0.15, 0.2) is 24.3 Å². The van der Waals surface area contributed by atoms with E-state index in [9.17, 15) is 5.11 Å². The van der Waals surface area contributed by atoms with Crippen LogP contribution < -0.4 is 28.4 Å². The van der Waals surface area contributed by atoms with Crippen molar-refractivity contribution in [3.8, 4) is 34.5 Å². The van der Waals surface area contributed by atoms with Crippen molar-refractivity contribution >= 4 is 0 Å². The average Bonchev–Trinajstić information content (AvgIpc) is 3.25. The molecule has 1 aliphatic rings. The van der Waals surface area contributed by atoms with E-state index in [0.29, 0.717) is 34.5 Å². The molecule has 164 valence electrons. The molecule has 1 N–H and O–H groups in total. The lowest BCUT2D eigenvalue weighted by atomic mass is 9.76. The number of rotatable bonds is 9. The minimum Gasteiger partial charge on any atom is -0.493 e. The molecular weight excluding hydrogens is 388 g/mol. The van der Waals surface area contributed by atoms with Crippen LogP contribution in [0.3, 0.4) is 0 Å². The summed E-state index contributed by atoms with van der Waals surface area (Å²) in [5.74, 6) is 3.59. The highest BCUT2D eigenvalue weighted by Gasteiger charge is 2.31. The van der Waals surface area contributed by atoms with Gasteiger partial charge < -0.3 is 33.5 Å². The van der Waals surface area contributed by atoms with Gasteiger partial charge in [-0.15, -0.1) is 0 Å². The Balaban J connectivity index is 2.21. The highest BCUT2D eigenvalue weighted by atomic mass is 16.7. The van der Waals surface area contributed by atoms with E-state index < -0.39 is 0 Å². The second-order valence-corrected chi connectivity index (χ2v) is 7.41. The summed E-state index contributed by atoms with van der Waals surface area (Å²) in [6.45, 7) is 4.38. The molecule has 0 radical (unpaired) electrons. The largest absolute Gasteiger partial charge is 0.493 e. The van der Waals surface area contributed by atoms with E-state index >= 15 is 0 Å². The Kier molecular flexibility index (Phi) is 6.82. The lowest BCUT2D eigenvalue weighted by molar-refractivity contribution is 0.171. The van der Waals surface area contributed by atoms with Crippen molar-refractivity contribution < 1.29 is 33.5 Å². The molecule has 0 aromatic heterocycles. The maximum Gasteiger partial charge on any atom is 0.231 e. The van der Waals surface area contributed by atoms with Crippen molar-refractivity contribution in [2.24, 2.45) is 11.8 Å². The third-order valence-corrected chi connectivity index (χ3v) is 5.80. The monoisotopic (exact) mass is 418 g/mol. The number of ether oxygens (including phenoxy) is 6. The number of benzene rings is 2. The Morgan fingerprint density at radius 2 is 1.40 bits per heavy atom. The van der Waals surface area contributed by atoms with Gasteiger partial charge >= 0.3 is 0 Å². The molecule has 0 fully saturated rings. The van der Waals surface area contributed by atoms with Crippen LogP contribution in [-0.2, 0) is 0 Å². The van der Waals surface area contributed by atoms with Crippen LogP contribution in [0.25, 0.3) is 0 Å². The smallest absolute Gasteiger partial charge is 0.231 e. The predicted octanol–water partition coefficient (Wildman–Crippen LogP) is 3.85. The molecule has 0 bridgehead atoms. The van der Waals surface area contributed by atoms with E-state index in [1.165, 1.54) is 0 Å². The predicted molar refractivity (Wildman–Crippen MR) is 112 cm³/mol.